The highest BCUT2D eigenvalue weighted by Crippen LogP contribution is 2.16. The van der Waals surface area contributed by atoms with Crippen LogP contribution in [0.2, 0.25) is 0 Å². The Morgan fingerprint density at radius 3 is 2.50 bits per heavy atom. The van der Waals surface area contributed by atoms with Gasteiger partial charge in [0, 0.05) is 0 Å². The molecule has 0 aromatic heterocycles. The molecule has 16 heavy (non-hydrogen) atoms. The fourth-order valence-corrected chi connectivity index (χ4v) is 1.43. The summed E-state index contributed by atoms with van der Waals surface area (Å²) in [6.07, 6.45) is 0. The van der Waals surface area contributed by atoms with Crippen LogP contribution in [0.15, 0.2) is 24.3 Å². The van der Waals surface area contributed by atoms with E-state index in [1.807, 2.05) is 31.2 Å². The molecule has 0 radical (unpaired) electrons. The molecular formula is C12H18N2O2. The van der Waals surface area contributed by atoms with E-state index in [-0.39, 0.29) is 11.9 Å². The number of likely N-dealkylation sites (N-methyl/N-ethyl adjacent to an activating group) is 1. The lowest BCUT2D eigenvalue weighted by Gasteiger charge is -2.14. The van der Waals surface area contributed by atoms with Gasteiger partial charge in [0.15, 0.2) is 0 Å². The van der Waals surface area contributed by atoms with Crippen LogP contribution in [0.5, 0.6) is 5.75 Å². The molecule has 1 atom stereocenters. The fourth-order valence-electron chi connectivity index (χ4n) is 1.43. The summed E-state index contributed by atoms with van der Waals surface area (Å²) in [6, 6.07) is 7.67. The molecular weight excluding hydrogens is 204 g/mol. The number of rotatable bonds is 5. The van der Waals surface area contributed by atoms with Gasteiger partial charge in [-0.25, -0.2) is 0 Å². The molecule has 0 bridgehead atoms. The fraction of sp³-hybridized carbons (Fsp3) is 0.417. The second-order valence-electron chi connectivity index (χ2n) is 3.59. The molecule has 4 heteroatoms. The van der Waals surface area contributed by atoms with Crippen molar-refractivity contribution in [1.82, 2.24) is 10.6 Å². The zero-order valence-electron chi connectivity index (χ0n) is 9.91. The lowest BCUT2D eigenvalue weighted by Crippen LogP contribution is -2.33. The van der Waals surface area contributed by atoms with Crippen LogP contribution in [-0.4, -0.2) is 26.6 Å². The number of amides is 1. The lowest BCUT2D eigenvalue weighted by molar-refractivity contribution is -0.120. The van der Waals surface area contributed by atoms with Gasteiger partial charge in [0.2, 0.25) is 5.91 Å². The van der Waals surface area contributed by atoms with Crippen molar-refractivity contribution < 1.29 is 9.53 Å². The monoisotopic (exact) mass is 222 g/mol. The molecule has 88 valence electrons. The van der Waals surface area contributed by atoms with Gasteiger partial charge < -0.3 is 15.4 Å². The van der Waals surface area contributed by atoms with Crippen molar-refractivity contribution in [2.45, 2.75) is 13.0 Å². The number of nitrogens with one attached hydrogen (secondary N) is 2. The van der Waals surface area contributed by atoms with Crippen LogP contribution in [-0.2, 0) is 4.79 Å². The molecule has 1 aromatic rings. The van der Waals surface area contributed by atoms with E-state index < -0.39 is 0 Å². The number of hydrogen-bond acceptors (Lipinski definition) is 3. The van der Waals surface area contributed by atoms with Crippen molar-refractivity contribution >= 4 is 5.91 Å². The summed E-state index contributed by atoms with van der Waals surface area (Å²) in [5.74, 6) is 0.809. The molecule has 1 aromatic carbocycles. The van der Waals surface area contributed by atoms with Gasteiger partial charge in [-0.15, -0.1) is 0 Å². The van der Waals surface area contributed by atoms with Crippen molar-refractivity contribution in [2.75, 3.05) is 20.7 Å². The molecule has 0 saturated carbocycles. The van der Waals surface area contributed by atoms with E-state index in [0.717, 1.165) is 11.3 Å². The van der Waals surface area contributed by atoms with Gasteiger partial charge in [-0.2, -0.15) is 0 Å². The largest absolute Gasteiger partial charge is 0.497 e. The zero-order chi connectivity index (χ0) is 12.0. The summed E-state index contributed by atoms with van der Waals surface area (Å²) < 4.78 is 5.07. The van der Waals surface area contributed by atoms with Crippen LogP contribution < -0.4 is 15.4 Å². The van der Waals surface area contributed by atoms with Crippen LogP contribution in [0.25, 0.3) is 0 Å². The SMILES string of the molecule is CNCC(=O)N[C@@H](C)c1ccc(OC)cc1. The summed E-state index contributed by atoms with van der Waals surface area (Å²) in [7, 11) is 3.38. The van der Waals surface area contributed by atoms with Crippen molar-refractivity contribution in [2.24, 2.45) is 0 Å². The van der Waals surface area contributed by atoms with E-state index in [2.05, 4.69) is 10.6 Å². The smallest absolute Gasteiger partial charge is 0.234 e. The van der Waals surface area contributed by atoms with Crippen LogP contribution in [0.4, 0.5) is 0 Å². The Bertz CT molecular complexity index is 335. The highest BCUT2D eigenvalue weighted by Gasteiger charge is 2.08. The molecule has 0 spiro atoms. The Hall–Kier alpha value is -1.55. The first-order valence-electron chi connectivity index (χ1n) is 5.25. The first kappa shape index (κ1) is 12.5. The van der Waals surface area contributed by atoms with Gasteiger partial charge >= 0.3 is 0 Å². The molecule has 0 unspecified atom stereocenters. The minimum absolute atomic E-state index is 0.00626. The standard InChI is InChI=1S/C12H18N2O2/c1-9(14-12(15)8-13-2)10-4-6-11(16-3)7-5-10/h4-7,9,13H,8H2,1-3H3,(H,14,15)/t9-/m0/s1. The Morgan fingerprint density at radius 1 is 1.38 bits per heavy atom. The van der Waals surface area contributed by atoms with Gasteiger partial charge in [0.25, 0.3) is 0 Å². The third-order valence-electron chi connectivity index (χ3n) is 2.33. The Morgan fingerprint density at radius 2 is 2.00 bits per heavy atom. The highest BCUT2D eigenvalue weighted by molar-refractivity contribution is 5.78. The number of carbonyl (C=O) groups is 1. The summed E-state index contributed by atoms with van der Waals surface area (Å²) in [4.78, 5) is 11.4. The second-order valence-corrected chi connectivity index (χ2v) is 3.59. The average molecular weight is 222 g/mol. The number of carbonyl (C=O) groups excluding carboxylic acids is 1. The summed E-state index contributed by atoms with van der Waals surface area (Å²) in [6.45, 7) is 2.29. The minimum atomic E-state index is -0.00850. The highest BCUT2D eigenvalue weighted by atomic mass is 16.5. The van der Waals surface area contributed by atoms with Crippen LogP contribution in [0.3, 0.4) is 0 Å². The number of methoxy groups -OCH3 is 1. The van der Waals surface area contributed by atoms with Crippen LogP contribution in [0.1, 0.15) is 18.5 Å². The maximum Gasteiger partial charge on any atom is 0.234 e. The van der Waals surface area contributed by atoms with E-state index in [1.54, 1.807) is 14.2 Å². The van der Waals surface area contributed by atoms with Gasteiger partial charge in [-0.3, -0.25) is 4.79 Å². The summed E-state index contributed by atoms with van der Waals surface area (Å²) in [5, 5.41) is 5.70. The molecule has 4 nitrogen and oxygen atoms in total. The predicted molar refractivity (Wildman–Crippen MR) is 63.5 cm³/mol. The topological polar surface area (TPSA) is 50.4 Å². The molecule has 0 heterocycles. The van der Waals surface area contributed by atoms with Crippen molar-refractivity contribution in [3.8, 4) is 5.75 Å². The van der Waals surface area contributed by atoms with Gasteiger partial charge in [-0.1, -0.05) is 12.1 Å². The zero-order valence-corrected chi connectivity index (χ0v) is 9.91. The summed E-state index contributed by atoms with van der Waals surface area (Å²) >= 11 is 0. The van der Waals surface area contributed by atoms with Gasteiger partial charge in [0.05, 0.1) is 19.7 Å². The molecule has 0 saturated heterocycles. The Kier molecular flexibility index (Phi) is 4.79. The van der Waals surface area contributed by atoms with E-state index in [9.17, 15) is 4.79 Å². The number of hydrogen-bond donors (Lipinski definition) is 2. The van der Waals surface area contributed by atoms with Crippen molar-refractivity contribution in [3.05, 3.63) is 29.8 Å². The summed E-state index contributed by atoms with van der Waals surface area (Å²) in [5.41, 5.74) is 1.06. The minimum Gasteiger partial charge on any atom is -0.497 e. The maximum absolute atomic E-state index is 11.4. The van der Waals surface area contributed by atoms with Gasteiger partial charge in [-0.05, 0) is 31.7 Å². The Balaban J connectivity index is 2.58. The van der Waals surface area contributed by atoms with E-state index >= 15 is 0 Å². The van der Waals surface area contributed by atoms with E-state index in [0.29, 0.717) is 6.54 Å². The third kappa shape index (κ3) is 3.55. The van der Waals surface area contributed by atoms with Crippen molar-refractivity contribution in [3.63, 3.8) is 0 Å². The Labute approximate surface area is 96.0 Å². The molecule has 1 amide bonds. The number of benzene rings is 1. The third-order valence-corrected chi connectivity index (χ3v) is 2.33. The molecule has 0 aliphatic heterocycles. The average Bonchev–Trinajstić information content (AvgIpc) is 2.29. The van der Waals surface area contributed by atoms with E-state index in [1.165, 1.54) is 0 Å². The van der Waals surface area contributed by atoms with Crippen molar-refractivity contribution in [1.29, 1.82) is 0 Å². The van der Waals surface area contributed by atoms with E-state index in [4.69, 9.17) is 4.74 Å². The molecule has 0 aliphatic carbocycles. The van der Waals surface area contributed by atoms with Crippen LogP contribution >= 0.6 is 0 Å². The lowest BCUT2D eigenvalue weighted by atomic mass is 10.1. The van der Waals surface area contributed by atoms with Gasteiger partial charge in [0.1, 0.15) is 5.75 Å². The second kappa shape index (κ2) is 6.12. The predicted octanol–water partition coefficient (Wildman–Crippen LogP) is 1.09. The molecule has 2 N–H and O–H groups in total. The number of ether oxygens (including phenoxy) is 1. The molecule has 1 rings (SSSR count). The first-order valence-corrected chi connectivity index (χ1v) is 5.25. The quantitative estimate of drug-likeness (QED) is 0.784. The normalized spacial score (nSPS) is 11.9. The first-order chi connectivity index (χ1) is 7.67. The molecule has 0 fully saturated rings. The van der Waals surface area contributed by atoms with Crippen LogP contribution in [0, 0.1) is 0 Å². The molecule has 0 aliphatic rings. The maximum atomic E-state index is 11.4.